The molecule has 5 nitrogen and oxygen atoms in total. The van der Waals surface area contributed by atoms with Crippen molar-refractivity contribution in [2.45, 2.75) is 31.7 Å². The average Bonchev–Trinajstić information content (AvgIpc) is 3.01. The van der Waals surface area contributed by atoms with Crippen molar-refractivity contribution in [3.05, 3.63) is 18.1 Å². The van der Waals surface area contributed by atoms with Crippen LogP contribution in [0.1, 0.15) is 36.2 Å². The first-order valence-electron chi connectivity index (χ1n) is 6.57. The summed E-state index contributed by atoms with van der Waals surface area (Å²) in [6.07, 6.45) is 8.14. The molecule has 2 fully saturated rings. The molecule has 96 valence electrons. The maximum atomic E-state index is 12.1. The highest BCUT2D eigenvalue weighted by molar-refractivity contribution is 5.92. The third-order valence-corrected chi connectivity index (χ3v) is 4.18. The average molecular weight is 246 g/mol. The van der Waals surface area contributed by atoms with E-state index in [9.17, 15) is 4.79 Å². The summed E-state index contributed by atoms with van der Waals surface area (Å²) in [6, 6.07) is 0.344. The van der Waals surface area contributed by atoms with Gasteiger partial charge in [-0.2, -0.15) is 0 Å². The summed E-state index contributed by atoms with van der Waals surface area (Å²) in [7, 11) is 1.77. The fraction of sp³-hybridized carbons (Fsp3) is 0.615. The van der Waals surface area contributed by atoms with Gasteiger partial charge in [0.1, 0.15) is 11.5 Å². The zero-order valence-electron chi connectivity index (χ0n) is 10.5. The van der Waals surface area contributed by atoms with Gasteiger partial charge in [0.05, 0.1) is 12.4 Å². The largest absolute Gasteiger partial charge is 0.372 e. The van der Waals surface area contributed by atoms with E-state index in [1.807, 2.05) is 0 Å². The number of anilines is 1. The summed E-state index contributed by atoms with van der Waals surface area (Å²) in [5, 5.41) is 6.00. The fourth-order valence-electron chi connectivity index (χ4n) is 3.26. The number of hydrogen-bond acceptors (Lipinski definition) is 4. The predicted molar refractivity (Wildman–Crippen MR) is 68.3 cm³/mol. The van der Waals surface area contributed by atoms with Gasteiger partial charge in [0.25, 0.3) is 5.91 Å². The van der Waals surface area contributed by atoms with E-state index in [1.54, 1.807) is 13.2 Å². The number of amides is 1. The van der Waals surface area contributed by atoms with Crippen molar-refractivity contribution in [1.29, 1.82) is 0 Å². The van der Waals surface area contributed by atoms with Gasteiger partial charge in [-0.05, 0) is 31.1 Å². The molecule has 1 heterocycles. The topological polar surface area (TPSA) is 66.9 Å². The van der Waals surface area contributed by atoms with E-state index in [2.05, 4.69) is 20.6 Å². The molecule has 1 amide bonds. The second kappa shape index (κ2) is 4.55. The highest BCUT2D eigenvalue weighted by atomic mass is 16.2. The normalized spacial score (nSPS) is 29.3. The van der Waals surface area contributed by atoms with Crippen LogP contribution in [0.2, 0.25) is 0 Å². The lowest BCUT2D eigenvalue weighted by Crippen LogP contribution is -2.38. The molecule has 0 spiro atoms. The number of rotatable bonds is 3. The predicted octanol–water partition coefficient (Wildman–Crippen LogP) is 1.44. The maximum absolute atomic E-state index is 12.1. The van der Waals surface area contributed by atoms with Crippen molar-refractivity contribution in [3.8, 4) is 0 Å². The molecule has 1 aromatic heterocycles. The Bertz CT molecular complexity index is 462. The van der Waals surface area contributed by atoms with Crippen LogP contribution in [0.25, 0.3) is 0 Å². The van der Waals surface area contributed by atoms with Crippen molar-refractivity contribution in [3.63, 3.8) is 0 Å². The minimum absolute atomic E-state index is 0.0999. The summed E-state index contributed by atoms with van der Waals surface area (Å²) in [6.45, 7) is 0. The molecule has 2 N–H and O–H groups in total. The number of nitrogens with zero attached hydrogens (tertiary/aromatic N) is 2. The summed E-state index contributed by atoms with van der Waals surface area (Å²) >= 11 is 0. The second-order valence-electron chi connectivity index (χ2n) is 5.29. The first-order valence-corrected chi connectivity index (χ1v) is 6.57. The first kappa shape index (κ1) is 11.4. The number of nitrogens with one attached hydrogen (secondary N) is 2. The first-order chi connectivity index (χ1) is 8.76. The molecule has 0 radical (unpaired) electrons. The van der Waals surface area contributed by atoms with Gasteiger partial charge in [-0.25, -0.2) is 4.98 Å². The van der Waals surface area contributed by atoms with E-state index >= 15 is 0 Å². The van der Waals surface area contributed by atoms with E-state index in [4.69, 9.17) is 0 Å². The molecule has 3 atom stereocenters. The molecule has 0 aliphatic heterocycles. The SMILES string of the molecule is CNc1cncc(C(=O)NC2CC3CCC2C3)n1. The molecular weight excluding hydrogens is 228 g/mol. The third-order valence-electron chi connectivity index (χ3n) is 4.18. The van der Waals surface area contributed by atoms with Crippen LogP contribution in [0, 0.1) is 11.8 Å². The standard InChI is InChI=1S/C13H18N4O/c1-14-12-7-15-6-11(16-12)13(18)17-10-5-8-2-3-9(10)4-8/h6-10H,2-5H2,1H3,(H,14,16)(H,17,18). The zero-order chi connectivity index (χ0) is 12.5. The van der Waals surface area contributed by atoms with Crippen molar-refractivity contribution >= 4 is 11.7 Å². The molecular formula is C13H18N4O. The van der Waals surface area contributed by atoms with Crippen LogP contribution in [0.5, 0.6) is 0 Å². The van der Waals surface area contributed by atoms with Crippen LogP contribution in [-0.4, -0.2) is 29.0 Å². The quantitative estimate of drug-likeness (QED) is 0.847. The Balaban J connectivity index is 1.67. The number of carbonyl (C=O) groups is 1. The van der Waals surface area contributed by atoms with Crippen molar-refractivity contribution < 1.29 is 4.79 Å². The molecule has 3 rings (SSSR count). The van der Waals surface area contributed by atoms with Crippen LogP contribution in [0.15, 0.2) is 12.4 Å². The maximum Gasteiger partial charge on any atom is 0.271 e. The van der Waals surface area contributed by atoms with Crippen molar-refractivity contribution in [2.24, 2.45) is 11.8 Å². The molecule has 0 aromatic carbocycles. The molecule has 5 heteroatoms. The Labute approximate surface area is 106 Å². The molecule has 2 bridgehead atoms. The Morgan fingerprint density at radius 2 is 2.22 bits per heavy atom. The van der Waals surface area contributed by atoms with Gasteiger partial charge in [0, 0.05) is 13.1 Å². The monoisotopic (exact) mass is 246 g/mol. The smallest absolute Gasteiger partial charge is 0.271 e. The van der Waals surface area contributed by atoms with Crippen LogP contribution in [-0.2, 0) is 0 Å². The molecule has 2 aliphatic carbocycles. The fourth-order valence-corrected chi connectivity index (χ4v) is 3.26. The molecule has 3 unspecified atom stereocenters. The van der Waals surface area contributed by atoms with E-state index in [0.717, 1.165) is 12.3 Å². The Morgan fingerprint density at radius 1 is 1.33 bits per heavy atom. The Kier molecular flexibility index (Phi) is 2.89. The van der Waals surface area contributed by atoms with Gasteiger partial charge in [-0.3, -0.25) is 9.78 Å². The highest BCUT2D eigenvalue weighted by Crippen LogP contribution is 2.44. The minimum Gasteiger partial charge on any atom is -0.372 e. The molecule has 18 heavy (non-hydrogen) atoms. The Hall–Kier alpha value is -1.65. The molecule has 0 saturated heterocycles. The number of carbonyl (C=O) groups excluding carboxylic acids is 1. The zero-order valence-corrected chi connectivity index (χ0v) is 10.5. The minimum atomic E-state index is -0.0999. The Morgan fingerprint density at radius 3 is 2.89 bits per heavy atom. The number of aromatic nitrogens is 2. The van der Waals surface area contributed by atoms with Crippen molar-refractivity contribution in [1.82, 2.24) is 15.3 Å². The van der Waals surface area contributed by atoms with Gasteiger partial charge in [0.15, 0.2) is 0 Å². The number of fused-ring (bicyclic) bond motifs is 2. The second-order valence-corrected chi connectivity index (χ2v) is 5.29. The molecule has 2 aliphatic rings. The van der Waals surface area contributed by atoms with E-state index in [-0.39, 0.29) is 5.91 Å². The van der Waals surface area contributed by atoms with Crippen LogP contribution < -0.4 is 10.6 Å². The van der Waals surface area contributed by atoms with Gasteiger partial charge in [0.2, 0.25) is 0 Å². The van der Waals surface area contributed by atoms with Crippen LogP contribution in [0.3, 0.4) is 0 Å². The van der Waals surface area contributed by atoms with Gasteiger partial charge < -0.3 is 10.6 Å². The van der Waals surface area contributed by atoms with Gasteiger partial charge in [-0.1, -0.05) is 6.42 Å². The molecule has 1 aromatic rings. The summed E-state index contributed by atoms with van der Waals surface area (Å²) < 4.78 is 0. The van der Waals surface area contributed by atoms with Crippen LogP contribution in [0.4, 0.5) is 5.82 Å². The van der Waals surface area contributed by atoms with Crippen LogP contribution >= 0.6 is 0 Å². The van der Waals surface area contributed by atoms with Crippen molar-refractivity contribution in [2.75, 3.05) is 12.4 Å². The summed E-state index contributed by atoms with van der Waals surface area (Å²) in [5.74, 6) is 2.03. The summed E-state index contributed by atoms with van der Waals surface area (Å²) in [5.41, 5.74) is 0.393. The van der Waals surface area contributed by atoms with Gasteiger partial charge in [-0.15, -0.1) is 0 Å². The van der Waals surface area contributed by atoms with E-state index < -0.39 is 0 Å². The van der Waals surface area contributed by atoms with Gasteiger partial charge >= 0.3 is 0 Å². The lowest BCUT2D eigenvalue weighted by Gasteiger charge is -2.22. The van der Waals surface area contributed by atoms with E-state index in [1.165, 1.54) is 25.5 Å². The summed E-state index contributed by atoms with van der Waals surface area (Å²) in [4.78, 5) is 20.3. The molecule has 2 saturated carbocycles. The van der Waals surface area contributed by atoms with E-state index in [0.29, 0.717) is 23.5 Å². The lowest BCUT2D eigenvalue weighted by atomic mass is 9.95. The third kappa shape index (κ3) is 2.05. The number of hydrogen-bond donors (Lipinski definition) is 2. The lowest BCUT2D eigenvalue weighted by molar-refractivity contribution is 0.0917. The highest BCUT2D eigenvalue weighted by Gasteiger charge is 2.40.